The fourth-order valence-corrected chi connectivity index (χ4v) is 3.53. The van der Waals surface area contributed by atoms with Crippen molar-refractivity contribution in [1.82, 2.24) is 19.5 Å². The molecule has 0 aliphatic heterocycles. The number of benzene rings is 3. The molecule has 31 heavy (non-hydrogen) atoms. The summed E-state index contributed by atoms with van der Waals surface area (Å²) in [6.07, 6.45) is 3.27. The zero-order chi connectivity index (χ0) is 21.0. The summed E-state index contributed by atoms with van der Waals surface area (Å²) in [5, 5.41) is 3.30. The highest BCUT2D eigenvalue weighted by molar-refractivity contribution is 6.12. The van der Waals surface area contributed by atoms with E-state index in [1.54, 1.807) is 6.33 Å². The summed E-state index contributed by atoms with van der Waals surface area (Å²) in [6, 6.07) is 26.8. The van der Waals surface area contributed by atoms with E-state index in [2.05, 4.69) is 32.4 Å². The second-order valence-electron chi connectivity index (χ2n) is 7.12. The third kappa shape index (κ3) is 3.79. The van der Waals surface area contributed by atoms with Crippen LogP contribution in [0.25, 0.3) is 11.2 Å². The van der Waals surface area contributed by atoms with Crippen molar-refractivity contribution in [2.45, 2.75) is 6.54 Å². The highest BCUT2D eigenvalue weighted by atomic mass is 16.1. The maximum Gasteiger partial charge on any atom is 0.195 e. The summed E-state index contributed by atoms with van der Waals surface area (Å²) in [4.78, 5) is 26.4. The van der Waals surface area contributed by atoms with Gasteiger partial charge in [0.15, 0.2) is 22.8 Å². The Kier molecular flexibility index (Phi) is 4.94. The number of nitrogens with one attached hydrogen (secondary N) is 1. The molecule has 0 fully saturated rings. The Bertz CT molecular complexity index is 1350. The third-order valence-corrected chi connectivity index (χ3v) is 5.06. The van der Waals surface area contributed by atoms with E-state index in [1.165, 1.54) is 6.33 Å². The zero-order valence-electron chi connectivity index (χ0n) is 16.6. The first-order valence-corrected chi connectivity index (χ1v) is 9.95. The maximum absolute atomic E-state index is 13.0. The Hall–Kier alpha value is -4.32. The number of hydrogen-bond acceptors (Lipinski definition) is 5. The first kappa shape index (κ1) is 18.7. The van der Waals surface area contributed by atoms with E-state index in [-0.39, 0.29) is 5.78 Å². The van der Waals surface area contributed by atoms with Gasteiger partial charge in [-0.15, -0.1) is 0 Å². The van der Waals surface area contributed by atoms with Gasteiger partial charge in [-0.2, -0.15) is 0 Å². The standard InChI is InChI=1S/C25H19N5O/c31-23(19-11-5-2-6-12-19)20-13-7-8-14-21(20)29-24-22-25(27-16-26-24)30(17-28-22)15-18-9-3-1-4-10-18/h1-14,16-17H,15H2,(H,26,27,29). The van der Waals surface area contributed by atoms with Crippen LogP contribution in [-0.2, 0) is 6.54 Å². The predicted molar refractivity (Wildman–Crippen MR) is 120 cm³/mol. The molecule has 0 bridgehead atoms. The summed E-state index contributed by atoms with van der Waals surface area (Å²) in [6.45, 7) is 0.664. The number of fused-ring (bicyclic) bond motifs is 1. The van der Waals surface area contributed by atoms with Gasteiger partial charge < -0.3 is 9.88 Å². The lowest BCUT2D eigenvalue weighted by Gasteiger charge is -2.11. The smallest absolute Gasteiger partial charge is 0.195 e. The van der Waals surface area contributed by atoms with Crippen LogP contribution in [0, 0.1) is 0 Å². The first-order valence-electron chi connectivity index (χ1n) is 9.95. The van der Waals surface area contributed by atoms with Gasteiger partial charge in [0, 0.05) is 11.1 Å². The predicted octanol–water partition coefficient (Wildman–Crippen LogP) is 4.85. The minimum atomic E-state index is -0.0522. The normalized spacial score (nSPS) is 10.8. The zero-order valence-corrected chi connectivity index (χ0v) is 16.6. The van der Waals surface area contributed by atoms with Crippen molar-refractivity contribution in [3.05, 3.63) is 114 Å². The molecule has 0 radical (unpaired) electrons. The Morgan fingerprint density at radius 2 is 1.52 bits per heavy atom. The molecule has 0 atom stereocenters. The van der Waals surface area contributed by atoms with Crippen LogP contribution in [0.3, 0.4) is 0 Å². The van der Waals surface area contributed by atoms with Crippen LogP contribution < -0.4 is 5.32 Å². The van der Waals surface area contributed by atoms with Crippen LogP contribution in [0.5, 0.6) is 0 Å². The molecule has 6 heteroatoms. The number of para-hydroxylation sites is 1. The van der Waals surface area contributed by atoms with Crippen LogP contribution in [-0.4, -0.2) is 25.3 Å². The molecule has 0 unspecified atom stereocenters. The quantitative estimate of drug-likeness (QED) is 0.409. The van der Waals surface area contributed by atoms with E-state index in [4.69, 9.17) is 0 Å². The molecule has 2 aromatic heterocycles. The van der Waals surface area contributed by atoms with Crippen molar-refractivity contribution in [3.63, 3.8) is 0 Å². The van der Waals surface area contributed by atoms with Crippen LogP contribution in [0.2, 0.25) is 0 Å². The van der Waals surface area contributed by atoms with Gasteiger partial charge >= 0.3 is 0 Å². The Labute approximate surface area is 179 Å². The molecule has 5 aromatic rings. The van der Waals surface area contributed by atoms with Gasteiger partial charge in [0.05, 0.1) is 18.6 Å². The van der Waals surface area contributed by atoms with Crippen LogP contribution in [0.1, 0.15) is 21.5 Å². The van der Waals surface area contributed by atoms with Crippen molar-refractivity contribution in [3.8, 4) is 0 Å². The SMILES string of the molecule is O=C(c1ccccc1)c1ccccc1Nc1ncnc2c1ncn2Cc1ccccc1. The molecule has 0 saturated carbocycles. The molecule has 3 aromatic carbocycles. The molecular formula is C25H19N5O. The van der Waals surface area contributed by atoms with Crippen molar-refractivity contribution >= 4 is 28.5 Å². The number of ketones is 1. The summed E-state index contributed by atoms with van der Waals surface area (Å²) < 4.78 is 1.98. The molecule has 0 spiro atoms. The van der Waals surface area contributed by atoms with E-state index in [0.717, 1.165) is 11.2 Å². The number of anilines is 2. The molecule has 2 heterocycles. The molecule has 1 N–H and O–H groups in total. The number of hydrogen-bond donors (Lipinski definition) is 1. The molecule has 0 aliphatic carbocycles. The second-order valence-corrected chi connectivity index (χ2v) is 7.12. The lowest BCUT2D eigenvalue weighted by molar-refractivity contribution is 0.103. The molecule has 0 amide bonds. The van der Waals surface area contributed by atoms with Crippen molar-refractivity contribution in [1.29, 1.82) is 0 Å². The van der Waals surface area contributed by atoms with E-state index < -0.39 is 0 Å². The Morgan fingerprint density at radius 3 is 2.32 bits per heavy atom. The van der Waals surface area contributed by atoms with Gasteiger partial charge in [-0.3, -0.25) is 4.79 Å². The summed E-state index contributed by atoms with van der Waals surface area (Å²) >= 11 is 0. The van der Waals surface area contributed by atoms with Crippen molar-refractivity contribution < 1.29 is 4.79 Å². The average Bonchev–Trinajstić information content (AvgIpc) is 3.24. The molecule has 0 saturated heterocycles. The van der Waals surface area contributed by atoms with Gasteiger partial charge in [0.2, 0.25) is 0 Å². The third-order valence-electron chi connectivity index (χ3n) is 5.06. The van der Waals surface area contributed by atoms with Crippen LogP contribution in [0.15, 0.2) is 97.6 Å². The summed E-state index contributed by atoms with van der Waals surface area (Å²) in [5.41, 5.74) is 4.43. The fraction of sp³-hybridized carbons (Fsp3) is 0.0400. The Balaban J connectivity index is 1.49. The van der Waals surface area contributed by atoms with Gasteiger partial charge in [0.25, 0.3) is 0 Å². The maximum atomic E-state index is 13.0. The number of rotatable bonds is 6. The van der Waals surface area contributed by atoms with Crippen LogP contribution >= 0.6 is 0 Å². The number of nitrogens with zero attached hydrogens (tertiary/aromatic N) is 4. The molecular weight excluding hydrogens is 386 g/mol. The minimum absolute atomic E-state index is 0.0522. The van der Waals surface area contributed by atoms with E-state index in [0.29, 0.717) is 34.7 Å². The largest absolute Gasteiger partial charge is 0.338 e. The highest BCUT2D eigenvalue weighted by Gasteiger charge is 2.16. The number of carbonyl (C=O) groups excluding carboxylic acids is 1. The molecule has 0 aliphatic rings. The minimum Gasteiger partial charge on any atom is -0.338 e. The monoisotopic (exact) mass is 405 g/mol. The van der Waals surface area contributed by atoms with E-state index in [9.17, 15) is 4.79 Å². The molecule has 5 rings (SSSR count). The van der Waals surface area contributed by atoms with Gasteiger partial charge in [-0.25, -0.2) is 15.0 Å². The number of aromatic nitrogens is 4. The fourth-order valence-electron chi connectivity index (χ4n) is 3.53. The van der Waals surface area contributed by atoms with Crippen molar-refractivity contribution in [2.24, 2.45) is 0 Å². The summed E-state index contributed by atoms with van der Waals surface area (Å²) in [5.74, 6) is 0.508. The lowest BCUT2D eigenvalue weighted by atomic mass is 10.0. The average molecular weight is 405 g/mol. The van der Waals surface area contributed by atoms with Crippen molar-refractivity contribution in [2.75, 3.05) is 5.32 Å². The van der Waals surface area contributed by atoms with Gasteiger partial charge in [-0.05, 0) is 17.7 Å². The molecule has 6 nitrogen and oxygen atoms in total. The van der Waals surface area contributed by atoms with Crippen LogP contribution in [0.4, 0.5) is 11.5 Å². The number of carbonyl (C=O) groups is 1. The van der Waals surface area contributed by atoms with E-state index >= 15 is 0 Å². The van der Waals surface area contributed by atoms with E-state index in [1.807, 2.05) is 77.4 Å². The topological polar surface area (TPSA) is 72.7 Å². The first-order chi connectivity index (χ1) is 15.3. The summed E-state index contributed by atoms with van der Waals surface area (Å²) in [7, 11) is 0. The second kappa shape index (κ2) is 8.20. The lowest BCUT2D eigenvalue weighted by Crippen LogP contribution is -2.06. The van der Waals surface area contributed by atoms with Gasteiger partial charge in [-0.1, -0.05) is 72.8 Å². The van der Waals surface area contributed by atoms with Gasteiger partial charge in [0.1, 0.15) is 6.33 Å². The Morgan fingerprint density at radius 1 is 0.806 bits per heavy atom. The number of imidazole rings is 1. The highest BCUT2D eigenvalue weighted by Crippen LogP contribution is 2.26. The molecule has 150 valence electrons.